The van der Waals surface area contributed by atoms with Gasteiger partial charge in [-0.3, -0.25) is 4.57 Å². The molecule has 0 bridgehead atoms. The zero-order chi connectivity index (χ0) is 23.4. The van der Waals surface area contributed by atoms with Gasteiger partial charge < -0.3 is 24.3 Å². The Bertz CT molecular complexity index is 941. The van der Waals surface area contributed by atoms with Crippen molar-refractivity contribution in [3.63, 3.8) is 0 Å². The predicted molar refractivity (Wildman–Crippen MR) is 135 cm³/mol. The predicted octanol–water partition coefficient (Wildman–Crippen LogP) is 5.18. The number of benzene rings is 2. The van der Waals surface area contributed by atoms with Crippen LogP contribution in [0.15, 0.2) is 48.5 Å². The maximum absolute atomic E-state index is 12.6. The second kappa shape index (κ2) is 13.9. The number of ether oxygens (including phenoxy) is 2. The van der Waals surface area contributed by atoms with Crippen LogP contribution in [0.1, 0.15) is 22.8 Å². The summed E-state index contributed by atoms with van der Waals surface area (Å²) in [5, 5.41) is 0. The summed E-state index contributed by atoms with van der Waals surface area (Å²) in [7, 11) is 0.245. The summed E-state index contributed by atoms with van der Waals surface area (Å²) >= 11 is 4.92. The van der Waals surface area contributed by atoms with Crippen LogP contribution in [0.25, 0.3) is 0 Å². The maximum Gasteiger partial charge on any atom is 0.347 e. The third-order valence-corrected chi connectivity index (χ3v) is 7.77. The number of carbonyl (C=O) groups is 1. The van der Waals surface area contributed by atoms with Gasteiger partial charge in [0.1, 0.15) is 22.1 Å². The lowest BCUT2D eigenvalue weighted by molar-refractivity contribution is 0.0730. The van der Waals surface area contributed by atoms with Crippen LogP contribution in [0.5, 0.6) is 11.5 Å². The zero-order valence-corrected chi connectivity index (χ0v) is 21.2. The van der Waals surface area contributed by atoms with E-state index >= 15 is 0 Å². The van der Waals surface area contributed by atoms with Gasteiger partial charge in [-0.15, -0.1) is 0 Å². The summed E-state index contributed by atoms with van der Waals surface area (Å²) in [4.78, 5) is 12.9. The minimum Gasteiger partial charge on any atom is -0.492 e. The zero-order valence-electron chi connectivity index (χ0n) is 17.9. The van der Waals surface area contributed by atoms with Crippen LogP contribution in [0.4, 0.5) is 0 Å². The van der Waals surface area contributed by atoms with Gasteiger partial charge in [0.05, 0.1) is 19.8 Å². The van der Waals surface area contributed by atoms with Crippen molar-refractivity contribution in [2.75, 3.05) is 38.0 Å². The molecule has 0 aromatic heterocycles. The summed E-state index contributed by atoms with van der Waals surface area (Å²) in [6.45, 7) is 4.36. The fourth-order valence-corrected chi connectivity index (χ4v) is 5.30. The SMILES string of the molecule is CCOP(C)(=O)OCCSSCCOc1ccccc1C(=O)Oc1ccc(C(N)=S)cc1. The summed E-state index contributed by atoms with van der Waals surface area (Å²) in [6.07, 6.45) is 0. The molecule has 0 amide bonds. The van der Waals surface area contributed by atoms with Gasteiger partial charge in [-0.1, -0.05) is 45.9 Å². The molecule has 0 aliphatic rings. The minimum absolute atomic E-state index is 0.279. The highest BCUT2D eigenvalue weighted by Gasteiger charge is 2.16. The molecule has 2 N–H and O–H groups in total. The molecule has 2 rings (SSSR count). The molecule has 11 heteroatoms. The normalized spacial score (nSPS) is 12.7. The molecule has 32 heavy (non-hydrogen) atoms. The average molecular weight is 516 g/mol. The lowest BCUT2D eigenvalue weighted by atomic mass is 10.2. The molecule has 0 aliphatic heterocycles. The van der Waals surface area contributed by atoms with E-state index in [-0.39, 0.29) is 4.99 Å². The number of hydrogen-bond acceptors (Lipinski definition) is 9. The van der Waals surface area contributed by atoms with Crippen molar-refractivity contribution in [2.45, 2.75) is 6.92 Å². The van der Waals surface area contributed by atoms with Crippen LogP contribution in [-0.4, -0.2) is 48.9 Å². The van der Waals surface area contributed by atoms with Crippen LogP contribution in [0, 0.1) is 0 Å². The molecule has 0 saturated heterocycles. The van der Waals surface area contributed by atoms with Gasteiger partial charge >= 0.3 is 13.6 Å². The quantitative estimate of drug-likeness (QED) is 0.0905. The molecule has 0 fully saturated rings. The van der Waals surface area contributed by atoms with Gasteiger partial charge in [0.2, 0.25) is 0 Å². The monoisotopic (exact) mass is 515 g/mol. The molecular formula is C21H26NO6PS3. The van der Waals surface area contributed by atoms with E-state index in [1.165, 1.54) is 6.66 Å². The van der Waals surface area contributed by atoms with Crippen LogP contribution >= 0.6 is 41.4 Å². The van der Waals surface area contributed by atoms with Crippen molar-refractivity contribution in [1.82, 2.24) is 0 Å². The lowest BCUT2D eigenvalue weighted by Crippen LogP contribution is -2.12. The highest BCUT2D eigenvalue weighted by Crippen LogP contribution is 2.43. The third kappa shape index (κ3) is 9.52. The minimum atomic E-state index is -2.94. The number of nitrogens with two attached hydrogens (primary N) is 1. The molecule has 0 heterocycles. The molecule has 2 aromatic rings. The van der Waals surface area contributed by atoms with Crippen molar-refractivity contribution in [1.29, 1.82) is 0 Å². The Morgan fingerprint density at radius 2 is 1.69 bits per heavy atom. The van der Waals surface area contributed by atoms with Crippen molar-refractivity contribution in [3.05, 3.63) is 59.7 Å². The fourth-order valence-electron chi connectivity index (χ4n) is 2.42. The van der Waals surface area contributed by atoms with E-state index in [2.05, 4.69) is 0 Å². The van der Waals surface area contributed by atoms with Crippen LogP contribution in [0.2, 0.25) is 0 Å². The Balaban J connectivity index is 1.75. The van der Waals surface area contributed by atoms with E-state index in [1.54, 1.807) is 77.0 Å². The topological polar surface area (TPSA) is 97.1 Å². The Labute approximate surface area is 201 Å². The van der Waals surface area contributed by atoms with Gasteiger partial charge in [-0.05, 0) is 43.3 Å². The van der Waals surface area contributed by atoms with E-state index in [1.807, 2.05) is 0 Å². The molecule has 0 aliphatic carbocycles. The first-order valence-electron chi connectivity index (χ1n) is 9.77. The second-order valence-corrected chi connectivity index (χ2v) is 11.5. The molecule has 7 nitrogen and oxygen atoms in total. The molecule has 0 saturated carbocycles. The summed E-state index contributed by atoms with van der Waals surface area (Å²) in [5.41, 5.74) is 6.61. The number of hydrogen-bond donors (Lipinski definition) is 1. The van der Waals surface area contributed by atoms with Crippen LogP contribution in [0.3, 0.4) is 0 Å². The van der Waals surface area contributed by atoms with Gasteiger partial charge in [0.15, 0.2) is 0 Å². The number of para-hydroxylation sites is 1. The maximum atomic E-state index is 12.6. The number of rotatable bonds is 14. The van der Waals surface area contributed by atoms with Gasteiger partial charge in [0.25, 0.3) is 0 Å². The molecule has 2 aromatic carbocycles. The summed E-state index contributed by atoms with van der Waals surface area (Å²) in [6, 6.07) is 13.6. The first-order valence-corrected chi connectivity index (χ1v) is 14.7. The number of carbonyl (C=O) groups excluding carboxylic acids is 1. The largest absolute Gasteiger partial charge is 0.492 e. The van der Waals surface area contributed by atoms with Crippen LogP contribution < -0.4 is 15.2 Å². The molecule has 0 radical (unpaired) electrons. The summed E-state index contributed by atoms with van der Waals surface area (Å²) < 4.78 is 33.3. The molecule has 1 atom stereocenters. The first-order chi connectivity index (χ1) is 15.3. The lowest BCUT2D eigenvalue weighted by Gasteiger charge is -2.12. The van der Waals surface area contributed by atoms with Crippen LogP contribution in [-0.2, 0) is 13.6 Å². The third-order valence-electron chi connectivity index (χ3n) is 3.82. The molecular weight excluding hydrogens is 489 g/mol. The Hall–Kier alpha value is -1.55. The average Bonchev–Trinajstić information content (AvgIpc) is 2.76. The Morgan fingerprint density at radius 1 is 1.03 bits per heavy atom. The van der Waals surface area contributed by atoms with Gasteiger partial charge in [-0.2, -0.15) is 0 Å². The standard InChI is InChI=1S/C21H26NO6PS3/c1-3-26-29(2,24)27-13-15-32-31-14-12-25-19-7-5-4-6-18(19)21(23)28-17-10-8-16(9-11-17)20(22)30/h4-11H,3,12-15H2,1-2H3,(H2,22,30). The number of thiocarbonyl (C=S) groups is 1. The highest BCUT2D eigenvalue weighted by molar-refractivity contribution is 8.76. The molecule has 1 unspecified atom stereocenters. The van der Waals surface area contributed by atoms with Crippen molar-refractivity contribution in [3.8, 4) is 11.5 Å². The van der Waals surface area contributed by atoms with Gasteiger partial charge in [-0.25, -0.2) is 4.79 Å². The van der Waals surface area contributed by atoms with E-state index in [9.17, 15) is 9.36 Å². The van der Waals surface area contributed by atoms with Crippen molar-refractivity contribution < 1.29 is 27.9 Å². The summed E-state index contributed by atoms with van der Waals surface area (Å²) in [5.74, 6) is 1.70. The van der Waals surface area contributed by atoms with E-state index in [4.69, 9.17) is 36.5 Å². The smallest absolute Gasteiger partial charge is 0.347 e. The van der Waals surface area contributed by atoms with Crippen molar-refractivity contribution >= 4 is 52.4 Å². The van der Waals surface area contributed by atoms with Gasteiger partial charge in [0, 0.05) is 23.7 Å². The number of esters is 1. The fraction of sp³-hybridized carbons (Fsp3) is 0.333. The Morgan fingerprint density at radius 3 is 2.34 bits per heavy atom. The first kappa shape index (κ1) is 26.7. The highest BCUT2D eigenvalue weighted by atomic mass is 33.1. The van der Waals surface area contributed by atoms with E-state index < -0.39 is 13.6 Å². The van der Waals surface area contributed by atoms with E-state index in [0.717, 1.165) is 0 Å². The molecule has 0 spiro atoms. The van der Waals surface area contributed by atoms with E-state index in [0.29, 0.717) is 54.0 Å². The second-order valence-electron chi connectivity index (χ2n) is 6.29. The van der Waals surface area contributed by atoms with Crippen molar-refractivity contribution in [2.24, 2.45) is 5.73 Å². The Kier molecular flexibility index (Phi) is 11.6. The molecule has 174 valence electrons.